The molecule has 5 heteroatoms. The Hall–Kier alpha value is -1.16. The van der Waals surface area contributed by atoms with Gasteiger partial charge in [0, 0.05) is 16.2 Å². The van der Waals surface area contributed by atoms with Gasteiger partial charge in [0.15, 0.2) is 0 Å². The first-order chi connectivity index (χ1) is 9.60. The number of nitrogens with zero attached hydrogens (tertiary/aromatic N) is 2. The molecule has 1 atom stereocenters. The summed E-state index contributed by atoms with van der Waals surface area (Å²) in [5, 5.41) is 4.77. The van der Waals surface area contributed by atoms with Gasteiger partial charge in [-0.2, -0.15) is 0 Å². The van der Waals surface area contributed by atoms with Crippen LogP contribution in [0, 0.1) is 6.92 Å². The van der Waals surface area contributed by atoms with Gasteiger partial charge in [-0.1, -0.05) is 36.2 Å². The van der Waals surface area contributed by atoms with Crippen LogP contribution < -0.4 is 5.32 Å². The molecule has 0 saturated heterocycles. The summed E-state index contributed by atoms with van der Waals surface area (Å²) in [6.45, 7) is 4.82. The quantitative estimate of drug-likeness (QED) is 0.907. The minimum absolute atomic E-state index is 0.111. The zero-order chi connectivity index (χ0) is 14.5. The van der Waals surface area contributed by atoms with Crippen LogP contribution in [0.25, 0.3) is 0 Å². The van der Waals surface area contributed by atoms with Crippen molar-refractivity contribution in [2.75, 3.05) is 6.54 Å². The summed E-state index contributed by atoms with van der Waals surface area (Å²) in [5.74, 6) is 0.771. The van der Waals surface area contributed by atoms with Gasteiger partial charge in [-0.05, 0) is 43.7 Å². The van der Waals surface area contributed by atoms with Gasteiger partial charge in [0.2, 0.25) is 0 Å². The summed E-state index contributed by atoms with van der Waals surface area (Å²) in [6, 6.07) is 7.64. The SMILES string of the molecule is CCNC(Cc1ccc(Cl)cc1Cl)c1ccnc(C)n1. The van der Waals surface area contributed by atoms with Crippen LogP contribution in [0.5, 0.6) is 0 Å². The Balaban J connectivity index is 2.25. The monoisotopic (exact) mass is 309 g/mol. The van der Waals surface area contributed by atoms with Crippen LogP contribution in [-0.2, 0) is 6.42 Å². The molecule has 0 aliphatic carbocycles. The molecule has 0 aliphatic heterocycles. The zero-order valence-corrected chi connectivity index (χ0v) is 13.0. The number of hydrogen-bond donors (Lipinski definition) is 1. The molecule has 0 radical (unpaired) electrons. The molecule has 2 rings (SSSR count). The molecule has 1 aromatic carbocycles. The molecule has 1 aromatic heterocycles. The molecule has 2 aromatic rings. The largest absolute Gasteiger partial charge is 0.309 e. The Labute approximate surface area is 129 Å². The standard InChI is InChI=1S/C15H17Cl2N3/c1-3-18-15(14-6-7-19-10(2)20-14)8-11-4-5-12(16)9-13(11)17/h4-7,9,15,18H,3,8H2,1-2H3. The lowest BCUT2D eigenvalue weighted by Crippen LogP contribution is -2.24. The molecule has 20 heavy (non-hydrogen) atoms. The van der Waals surface area contributed by atoms with E-state index >= 15 is 0 Å². The third kappa shape index (κ3) is 3.92. The van der Waals surface area contributed by atoms with E-state index in [1.165, 1.54) is 0 Å². The number of halogens is 2. The number of benzene rings is 1. The molecule has 0 saturated carbocycles. The topological polar surface area (TPSA) is 37.8 Å². The van der Waals surface area contributed by atoms with Crippen molar-refractivity contribution in [2.45, 2.75) is 26.3 Å². The van der Waals surface area contributed by atoms with E-state index in [2.05, 4.69) is 22.2 Å². The minimum Gasteiger partial charge on any atom is -0.309 e. The third-order valence-corrected chi connectivity index (χ3v) is 3.63. The number of likely N-dealkylation sites (N-methyl/N-ethyl adjacent to an activating group) is 1. The first-order valence-electron chi connectivity index (χ1n) is 6.57. The number of aryl methyl sites for hydroxylation is 1. The Morgan fingerprint density at radius 3 is 2.70 bits per heavy atom. The van der Waals surface area contributed by atoms with Crippen molar-refractivity contribution in [2.24, 2.45) is 0 Å². The first-order valence-corrected chi connectivity index (χ1v) is 7.32. The van der Waals surface area contributed by atoms with Gasteiger partial charge in [0.05, 0.1) is 11.7 Å². The zero-order valence-electron chi connectivity index (χ0n) is 11.5. The predicted octanol–water partition coefficient (Wildman–Crippen LogP) is 3.99. The van der Waals surface area contributed by atoms with Crippen LogP contribution >= 0.6 is 23.2 Å². The molecule has 0 amide bonds. The Morgan fingerprint density at radius 2 is 2.05 bits per heavy atom. The number of rotatable bonds is 5. The van der Waals surface area contributed by atoms with Crippen LogP contribution in [0.15, 0.2) is 30.5 Å². The van der Waals surface area contributed by atoms with E-state index in [0.29, 0.717) is 10.0 Å². The summed E-state index contributed by atoms with van der Waals surface area (Å²) < 4.78 is 0. The average molecular weight is 310 g/mol. The van der Waals surface area contributed by atoms with Crippen LogP contribution in [0.4, 0.5) is 0 Å². The van der Waals surface area contributed by atoms with Gasteiger partial charge in [0.25, 0.3) is 0 Å². The van der Waals surface area contributed by atoms with Crippen LogP contribution in [0.2, 0.25) is 10.0 Å². The lowest BCUT2D eigenvalue weighted by molar-refractivity contribution is 0.534. The smallest absolute Gasteiger partial charge is 0.125 e. The average Bonchev–Trinajstić information content (AvgIpc) is 2.41. The van der Waals surface area contributed by atoms with E-state index in [-0.39, 0.29) is 6.04 Å². The first kappa shape index (κ1) is 15.2. The second-order valence-corrected chi connectivity index (χ2v) is 5.42. The lowest BCUT2D eigenvalue weighted by Gasteiger charge is -2.18. The Morgan fingerprint density at radius 1 is 1.25 bits per heavy atom. The normalized spacial score (nSPS) is 12.4. The summed E-state index contributed by atoms with van der Waals surface area (Å²) in [6.07, 6.45) is 2.55. The Bertz CT molecular complexity index is 587. The summed E-state index contributed by atoms with van der Waals surface area (Å²) in [5.41, 5.74) is 2.03. The molecule has 106 valence electrons. The van der Waals surface area contributed by atoms with E-state index in [1.54, 1.807) is 12.3 Å². The molecule has 1 unspecified atom stereocenters. The summed E-state index contributed by atoms with van der Waals surface area (Å²) in [7, 11) is 0. The molecule has 0 fully saturated rings. The molecule has 1 N–H and O–H groups in total. The third-order valence-electron chi connectivity index (χ3n) is 3.04. The molecule has 0 spiro atoms. The molecular formula is C15H17Cl2N3. The van der Waals surface area contributed by atoms with E-state index in [0.717, 1.165) is 30.0 Å². The van der Waals surface area contributed by atoms with Crippen molar-refractivity contribution >= 4 is 23.2 Å². The predicted molar refractivity (Wildman–Crippen MR) is 83.4 cm³/mol. The molecule has 0 aliphatic rings. The molecule has 3 nitrogen and oxygen atoms in total. The fraction of sp³-hybridized carbons (Fsp3) is 0.333. The number of nitrogens with one attached hydrogen (secondary N) is 1. The van der Waals surface area contributed by atoms with E-state index in [4.69, 9.17) is 23.2 Å². The Kier molecular flexibility index (Phi) is 5.35. The lowest BCUT2D eigenvalue weighted by atomic mass is 10.0. The molecular weight excluding hydrogens is 293 g/mol. The van der Waals surface area contributed by atoms with Gasteiger partial charge in [-0.15, -0.1) is 0 Å². The highest BCUT2D eigenvalue weighted by atomic mass is 35.5. The van der Waals surface area contributed by atoms with Crippen molar-refractivity contribution < 1.29 is 0 Å². The van der Waals surface area contributed by atoms with Gasteiger partial charge in [0.1, 0.15) is 5.82 Å². The van der Waals surface area contributed by atoms with Crippen LogP contribution in [0.3, 0.4) is 0 Å². The number of hydrogen-bond acceptors (Lipinski definition) is 3. The fourth-order valence-electron chi connectivity index (χ4n) is 2.10. The van der Waals surface area contributed by atoms with Gasteiger partial charge in [-0.3, -0.25) is 0 Å². The van der Waals surface area contributed by atoms with Gasteiger partial charge in [-0.25, -0.2) is 9.97 Å². The maximum atomic E-state index is 6.25. The highest BCUT2D eigenvalue weighted by Gasteiger charge is 2.15. The van der Waals surface area contributed by atoms with Crippen LogP contribution in [-0.4, -0.2) is 16.5 Å². The van der Waals surface area contributed by atoms with Gasteiger partial charge < -0.3 is 5.32 Å². The highest BCUT2D eigenvalue weighted by molar-refractivity contribution is 6.35. The van der Waals surface area contributed by atoms with E-state index in [1.807, 2.05) is 25.1 Å². The molecule has 1 heterocycles. The van der Waals surface area contributed by atoms with Crippen molar-refractivity contribution in [3.05, 3.63) is 57.6 Å². The van der Waals surface area contributed by atoms with E-state index < -0.39 is 0 Å². The summed E-state index contributed by atoms with van der Waals surface area (Å²) in [4.78, 5) is 8.63. The van der Waals surface area contributed by atoms with E-state index in [9.17, 15) is 0 Å². The second-order valence-electron chi connectivity index (χ2n) is 4.58. The number of aromatic nitrogens is 2. The summed E-state index contributed by atoms with van der Waals surface area (Å²) >= 11 is 12.2. The maximum Gasteiger partial charge on any atom is 0.125 e. The second kappa shape index (κ2) is 7.02. The van der Waals surface area contributed by atoms with Gasteiger partial charge >= 0.3 is 0 Å². The van der Waals surface area contributed by atoms with Crippen LogP contribution in [0.1, 0.15) is 30.0 Å². The minimum atomic E-state index is 0.111. The fourth-order valence-corrected chi connectivity index (χ4v) is 2.59. The maximum absolute atomic E-state index is 6.25. The highest BCUT2D eigenvalue weighted by Crippen LogP contribution is 2.25. The van der Waals surface area contributed by atoms with Crippen molar-refractivity contribution in [1.29, 1.82) is 0 Å². The van der Waals surface area contributed by atoms with Crippen molar-refractivity contribution in [1.82, 2.24) is 15.3 Å². The van der Waals surface area contributed by atoms with Crippen molar-refractivity contribution in [3.63, 3.8) is 0 Å². The van der Waals surface area contributed by atoms with Crippen molar-refractivity contribution in [3.8, 4) is 0 Å². The molecule has 0 bridgehead atoms.